The molecule has 0 aliphatic carbocycles. The van der Waals surface area contributed by atoms with Crippen LogP contribution < -0.4 is 20.3 Å². The Labute approximate surface area is 208 Å². The first-order chi connectivity index (χ1) is 16.3. The average molecular weight is 541 g/mol. The molecule has 0 saturated carbocycles. The Kier molecular flexibility index (Phi) is 8.55. The summed E-state index contributed by atoms with van der Waals surface area (Å²) in [5, 5.41) is 4.23. The highest BCUT2D eigenvalue weighted by Crippen LogP contribution is 2.38. The molecule has 1 aliphatic rings. The second-order valence-electron chi connectivity index (χ2n) is 8.16. The van der Waals surface area contributed by atoms with E-state index in [9.17, 15) is 26.7 Å². The number of rotatable bonds is 7. The first-order valence-corrected chi connectivity index (χ1v) is 11.2. The van der Waals surface area contributed by atoms with Gasteiger partial charge in [0.1, 0.15) is 0 Å². The van der Waals surface area contributed by atoms with Gasteiger partial charge < -0.3 is 25.2 Å². The summed E-state index contributed by atoms with van der Waals surface area (Å²) in [4.78, 5) is 16.8. The van der Waals surface area contributed by atoms with E-state index < -0.39 is 40.5 Å². The van der Waals surface area contributed by atoms with Gasteiger partial charge in [-0.05, 0) is 56.9 Å². The molecule has 1 saturated heterocycles. The van der Waals surface area contributed by atoms with Gasteiger partial charge in [-0.1, -0.05) is 23.2 Å². The van der Waals surface area contributed by atoms with Crippen LogP contribution in [0.5, 0.6) is 5.75 Å². The first kappa shape index (κ1) is 27.1. The summed E-state index contributed by atoms with van der Waals surface area (Å²) < 4.78 is 67.9. The predicted octanol–water partition coefficient (Wildman–Crippen LogP) is 6.35. The Morgan fingerprint density at radius 3 is 2.17 bits per heavy atom. The zero-order chi connectivity index (χ0) is 25.9. The standard InChI is InChI=1S/C22H23Cl2F5N4O2/c1-32(2)15-7-8-33(11-15)14-5-3-12(4-6-14)30-21(34)31-13-9-16(23)18(17(24)10-13)35-20(26)19(25)22(27,28)29/h3-6,9-10,15,19-20H,7-8,11H2,1-2H3,(H2,30,31,34). The molecular formula is C22H23Cl2F5N4O2. The van der Waals surface area contributed by atoms with Crippen LogP contribution >= 0.6 is 23.2 Å². The molecule has 0 bridgehead atoms. The lowest BCUT2D eigenvalue weighted by atomic mass is 10.2. The molecule has 3 rings (SSSR count). The van der Waals surface area contributed by atoms with Crippen LogP contribution in [-0.4, -0.2) is 62.9 Å². The van der Waals surface area contributed by atoms with Gasteiger partial charge in [0.25, 0.3) is 12.5 Å². The Hall–Kier alpha value is -2.50. The smallest absolute Gasteiger partial charge is 0.426 e. The quantitative estimate of drug-likeness (QED) is 0.401. The lowest BCUT2D eigenvalue weighted by Gasteiger charge is -2.22. The van der Waals surface area contributed by atoms with Crippen molar-refractivity contribution in [3.05, 3.63) is 46.4 Å². The molecule has 2 N–H and O–H groups in total. The van der Waals surface area contributed by atoms with Crippen molar-refractivity contribution >= 4 is 46.3 Å². The fourth-order valence-corrected chi connectivity index (χ4v) is 4.09. The monoisotopic (exact) mass is 540 g/mol. The third kappa shape index (κ3) is 7.02. The number of alkyl halides is 5. The van der Waals surface area contributed by atoms with Crippen molar-refractivity contribution in [1.29, 1.82) is 0 Å². The Morgan fingerprint density at radius 1 is 1.09 bits per heavy atom. The second kappa shape index (κ2) is 11.0. The molecule has 0 aromatic heterocycles. The van der Waals surface area contributed by atoms with E-state index in [2.05, 4.69) is 25.2 Å². The Bertz CT molecular complexity index is 1020. The van der Waals surface area contributed by atoms with E-state index in [1.807, 2.05) is 26.2 Å². The highest BCUT2D eigenvalue weighted by molar-refractivity contribution is 6.37. The maximum atomic E-state index is 13.6. The lowest BCUT2D eigenvalue weighted by Crippen LogP contribution is -2.37. The third-order valence-corrected chi connectivity index (χ3v) is 5.97. The lowest BCUT2D eigenvalue weighted by molar-refractivity contribution is -0.219. The minimum atomic E-state index is -5.46. The molecule has 192 valence electrons. The van der Waals surface area contributed by atoms with Gasteiger partial charge in [0.15, 0.2) is 5.75 Å². The summed E-state index contributed by atoms with van der Waals surface area (Å²) in [6.45, 7) is 1.84. The fourth-order valence-electron chi connectivity index (χ4n) is 3.51. The summed E-state index contributed by atoms with van der Waals surface area (Å²) in [5.41, 5.74) is 1.59. The Morgan fingerprint density at radius 2 is 1.66 bits per heavy atom. The van der Waals surface area contributed by atoms with E-state index in [-0.39, 0.29) is 5.69 Å². The third-order valence-electron chi connectivity index (χ3n) is 5.41. The van der Waals surface area contributed by atoms with E-state index in [1.165, 1.54) is 0 Å². The molecule has 1 aliphatic heterocycles. The van der Waals surface area contributed by atoms with Gasteiger partial charge in [0, 0.05) is 36.2 Å². The van der Waals surface area contributed by atoms with Crippen molar-refractivity contribution in [3.8, 4) is 5.75 Å². The number of nitrogens with one attached hydrogen (secondary N) is 2. The van der Waals surface area contributed by atoms with Crippen LogP contribution in [0.25, 0.3) is 0 Å². The van der Waals surface area contributed by atoms with E-state index in [0.29, 0.717) is 11.7 Å². The van der Waals surface area contributed by atoms with E-state index in [0.717, 1.165) is 37.3 Å². The number of amides is 2. The van der Waals surface area contributed by atoms with Gasteiger partial charge in [-0.2, -0.15) is 17.6 Å². The highest BCUT2D eigenvalue weighted by Gasteiger charge is 2.47. The average Bonchev–Trinajstić information content (AvgIpc) is 3.26. The molecule has 0 spiro atoms. The number of anilines is 3. The van der Waals surface area contributed by atoms with Crippen LogP contribution in [-0.2, 0) is 0 Å². The number of carbonyl (C=O) groups is 1. The largest absolute Gasteiger partial charge is 0.454 e. The number of carbonyl (C=O) groups excluding carboxylic acids is 1. The van der Waals surface area contributed by atoms with Crippen molar-refractivity contribution < 1.29 is 31.5 Å². The number of hydrogen-bond donors (Lipinski definition) is 2. The molecule has 2 aromatic carbocycles. The van der Waals surface area contributed by atoms with Gasteiger partial charge in [-0.3, -0.25) is 0 Å². The SMILES string of the molecule is CN(C)C1CCN(c2ccc(NC(=O)Nc3cc(Cl)c(OC(F)C(F)C(F)(F)F)c(Cl)c3)cc2)C1. The van der Waals surface area contributed by atoms with Gasteiger partial charge in [-0.25, -0.2) is 9.18 Å². The topological polar surface area (TPSA) is 56.8 Å². The van der Waals surface area contributed by atoms with E-state index >= 15 is 0 Å². The van der Waals surface area contributed by atoms with E-state index in [1.54, 1.807) is 12.1 Å². The van der Waals surface area contributed by atoms with Crippen molar-refractivity contribution in [1.82, 2.24) is 4.90 Å². The van der Waals surface area contributed by atoms with Crippen molar-refractivity contribution in [2.24, 2.45) is 0 Å². The van der Waals surface area contributed by atoms with E-state index in [4.69, 9.17) is 23.2 Å². The maximum Gasteiger partial charge on any atom is 0.426 e. The molecule has 2 aromatic rings. The minimum absolute atomic E-state index is 0.0521. The molecule has 6 nitrogen and oxygen atoms in total. The predicted molar refractivity (Wildman–Crippen MR) is 126 cm³/mol. The number of likely N-dealkylation sites (N-methyl/N-ethyl adjacent to an activating group) is 1. The number of benzene rings is 2. The number of nitrogens with zero attached hydrogens (tertiary/aromatic N) is 2. The summed E-state index contributed by atoms with van der Waals surface area (Å²) >= 11 is 11.8. The van der Waals surface area contributed by atoms with Gasteiger partial charge >= 0.3 is 12.2 Å². The van der Waals surface area contributed by atoms with Gasteiger partial charge in [0.05, 0.1) is 10.0 Å². The van der Waals surface area contributed by atoms with Crippen LogP contribution in [0.15, 0.2) is 36.4 Å². The molecule has 1 fully saturated rings. The molecule has 35 heavy (non-hydrogen) atoms. The molecular weight excluding hydrogens is 518 g/mol. The van der Waals surface area contributed by atoms with Crippen molar-refractivity contribution in [3.63, 3.8) is 0 Å². The fraction of sp³-hybridized carbons (Fsp3) is 0.409. The normalized spacial score (nSPS) is 17.9. The van der Waals surface area contributed by atoms with Crippen LogP contribution in [0.4, 0.5) is 43.8 Å². The van der Waals surface area contributed by atoms with Crippen molar-refractivity contribution in [2.45, 2.75) is 31.2 Å². The van der Waals surface area contributed by atoms with Crippen LogP contribution in [0, 0.1) is 0 Å². The maximum absolute atomic E-state index is 13.6. The molecule has 0 radical (unpaired) electrons. The molecule has 13 heteroatoms. The number of hydrogen-bond acceptors (Lipinski definition) is 4. The molecule has 3 unspecified atom stereocenters. The number of urea groups is 1. The zero-order valence-electron chi connectivity index (χ0n) is 18.7. The van der Waals surface area contributed by atoms with Crippen LogP contribution in [0.2, 0.25) is 10.0 Å². The summed E-state index contributed by atoms with van der Waals surface area (Å²) in [7, 11) is 4.09. The second-order valence-corrected chi connectivity index (χ2v) is 8.97. The molecule has 3 atom stereocenters. The first-order valence-electron chi connectivity index (χ1n) is 10.4. The molecule has 2 amide bonds. The Balaban J connectivity index is 1.59. The highest BCUT2D eigenvalue weighted by atomic mass is 35.5. The van der Waals surface area contributed by atoms with Crippen LogP contribution in [0.1, 0.15) is 6.42 Å². The zero-order valence-corrected chi connectivity index (χ0v) is 20.2. The van der Waals surface area contributed by atoms with Crippen LogP contribution in [0.3, 0.4) is 0 Å². The minimum Gasteiger partial charge on any atom is -0.454 e. The number of halogens is 7. The van der Waals surface area contributed by atoms with Gasteiger partial charge in [-0.15, -0.1) is 0 Å². The summed E-state index contributed by atoms with van der Waals surface area (Å²) in [5.74, 6) is -0.687. The van der Waals surface area contributed by atoms with Crippen molar-refractivity contribution in [2.75, 3.05) is 42.7 Å². The number of ether oxygens (including phenoxy) is 1. The summed E-state index contributed by atoms with van der Waals surface area (Å²) in [6, 6.07) is 9.24. The van der Waals surface area contributed by atoms with Gasteiger partial charge in [0.2, 0.25) is 0 Å². The summed E-state index contributed by atoms with van der Waals surface area (Å²) in [6.07, 6.45) is -11.7. The molecule has 1 heterocycles.